The molecule has 36 heavy (non-hydrogen) atoms. The molecule has 192 valence electrons. The number of esters is 1. The second kappa shape index (κ2) is 12.2. The predicted molar refractivity (Wildman–Crippen MR) is 132 cm³/mol. The third-order valence-electron chi connectivity index (χ3n) is 5.40. The number of ether oxygens (including phenoxy) is 3. The Morgan fingerprint density at radius 3 is 2.31 bits per heavy atom. The summed E-state index contributed by atoms with van der Waals surface area (Å²) < 4.78 is 18.9. The van der Waals surface area contributed by atoms with Gasteiger partial charge >= 0.3 is 12.1 Å². The lowest BCUT2D eigenvalue weighted by molar-refractivity contribution is -0.163. The number of rotatable bonds is 11. The van der Waals surface area contributed by atoms with Crippen molar-refractivity contribution in [3.8, 4) is 16.9 Å². The van der Waals surface area contributed by atoms with Gasteiger partial charge in [0.15, 0.2) is 6.10 Å². The van der Waals surface area contributed by atoms with E-state index in [1.165, 1.54) is 31.3 Å². The first-order valence-electron chi connectivity index (χ1n) is 11.6. The summed E-state index contributed by atoms with van der Waals surface area (Å²) in [6.07, 6.45) is 0.213. The van der Waals surface area contributed by atoms with Crippen LogP contribution in [0.1, 0.15) is 33.9 Å². The first-order valence-corrected chi connectivity index (χ1v) is 11.6. The van der Waals surface area contributed by atoms with Crippen LogP contribution in [0.3, 0.4) is 0 Å². The van der Waals surface area contributed by atoms with E-state index in [1.807, 2.05) is 54.6 Å². The molecule has 0 radical (unpaired) electrons. The van der Waals surface area contributed by atoms with Gasteiger partial charge in [0, 0.05) is 19.4 Å². The summed E-state index contributed by atoms with van der Waals surface area (Å²) in [7, 11) is 1.45. The molecule has 10 nitrogen and oxygen atoms in total. The van der Waals surface area contributed by atoms with E-state index in [1.54, 1.807) is 20.8 Å². The van der Waals surface area contributed by atoms with Crippen molar-refractivity contribution in [3.63, 3.8) is 0 Å². The molecule has 3 rings (SSSR count). The number of hydrogen-bond donors (Lipinski definition) is 0. The number of benzene rings is 2. The highest BCUT2D eigenvalue weighted by Gasteiger charge is 2.43. The van der Waals surface area contributed by atoms with E-state index in [9.17, 15) is 9.59 Å². The fourth-order valence-corrected chi connectivity index (χ4v) is 3.50. The quantitative estimate of drug-likeness (QED) is 0.282. The van der Waals surface area contributed by atoms with Crippen molar-refractivity contribution in [1.82, 2.24) is 19.8 Å². The Morgan fingerprint density at radius 2 is 1.72 bits per heavy atom. The van der Waals surface area contributed by atoms with Crippen molar-refractivity contribution < 1.29 is 28.6 Å². The highest BCUT2D eigenvalue weighted by molar-refractivity contribution is 5.67. The van der Waals surface area contributed by atoms with Gasteiger partial charge in [-0.25, -0.2) is 14.5 Å². The SMILES string of the molecule is CCON(C)C(=O)OC(C(Oc1ccc(-c2ccccc2)cc1)n1cncn1)C(C)(C)COC(C)=O. The second-order valence-corrected chi connectivity index (χ2v) is 8.76. The zero-order chi connectivity index (χ0) is 26.1. The van der Waals surface area contributed by atoms with Crippen LogP contribution in [0.25, 0.3) is 11.1 Å². The highest BCUT2D eigenvalue weighted by Crippen LogP contribution is 2.35. The van der Waals surface area contributed by atoms with Gasteiger partial charge in [0.1, 0.15) is 25.0 Å². The molecule has 0 saturated carbocycles. The van der Waals surface area contributed by atoms with Crippen LogP contribution in [-0.4, -0.2) is 58.3 Å². The first kappa shape index (κ1) is 26.7. The van der Waals surface area contributed by atoms with E-state index in [4.69, 9.17) is 19.0 Å². The molecular formula is C26H32N4O6. The Labute approximate surface area is 210 Å². The van der Waals surface area contributed by atoms with Crippen molar-refractivity contribution >= 4 is 12.1 Å². The smallest absolute Gasteiger partial charge is 0.434 e. The molecule has 2 atom stereocenters. The number of carbonyl (C=O) groups is 2. The Balaban J connectivity index is 1.93. The molecule has 0 aliphatic heterocycles. The minimum atomic E-state index is -0.956. The summed E-state index contributed by atoms with van der Waals surface area (Å²) >= 11 is 0. The van der Waals surface area contributed by atoms with Crippen LogP contribution in [0, 0.1) is 5.41 Å². The molecule has 0 fully saturated rings. The van der Waals surface area contributed by atoms with Crippen molar-refractivity contribution in [2.24, 2.45) is 5.41 Å². The Kier molecular flexibility index (Phi) is 9.02. The van der Waals surface area contributed by atoms with Crippen molar-refractivity contribution in [2.75, 3.05) is 20.3 Å². The number of carbonyl (C=O) groups excluding carboxylic acids is 2. The van der Waals surface area contributed by atoms with Crippen molar-refractivity contribution in [3.05, 3.63) is 67.3 Å². The van der Waals surface area contributed by atoms with Crippen LogP contribution in [0.4, 0.5) is 4.79 Å². The Morgan fingerprint density at radius 1 is 1.06 bits per heavy atom. The molecule has 0 aliphatic carbocycles. The van der Waals surface area contributed by atoms with Crippen LogP contribution in [0.2, 0.25) is 0 Å². The van der Waals surface area contributed by atoms with Gasteiger partial charge in [-0.1, -0.05) is 56.3 Å². The van der Waals surface area contributed by atoms with Gasteiger partial charge in [-0.15, -0.1) is 0 Å². The molecule has 1 amide bonds. The zero-order valence-corrected chi connectivity index (χ0v) is 21.2. The molecule has 0 N–H and O–H groups in total. The summed E-state index contributed by atoms with van der Waals surface area (Å²) in [6.45, 7) is 6.94. The summed E-state index contributed by atoms with van der Waals surface area (Å²) in [5.74, 6) is 0.0759. The van der Waals surface area contributed by atoms with Crippen LogP contribution in [0.15, 0.2) is 67.3 Å². The van der Waals surface area contributed by atoms with E-state index in [2.05, 4.69) is 10.1 Å². The van der Waals surface area contributed by atoms with Gasteiger partial charge in [0.25, 0.3) is 0 Å². The number of nitrogens with zero attached hydrogens (tertiary/aromatic N) is 4. The van der Waals surface area contributed by atoms with E-state index >= 15 is 0 Å². The maximum atomic E-state index is 12.8. The Hall–Kier alpha value is -3.92. The van der Waals surface area contributed by atoms with Crippen LogP contribution >= 0.6 is 0 Å². The van der Waals surface area contributed by atoms with Gasteiger partial charge in [-0.05, 0) is 30.2 Å². The number of hydrogen-bond acceptors (Lipinski definition) is 8. The molecule has 1 aromatic heterocycles. The summed E-state index contributed by atoms with van der Waals surface area (Å²) in [6, 6.07) is 17.5. The monoisotopic (exact) mass is 496 g/mol. The lowest BCUT2D eigenvalue weighted by atomic mass is 9.86. The fourth-order valence-electron chi connectivity index (χ4n) is 3.50. The van der Waals surface area contributed by atoms with E-state index in [0.29, 0.717) is 5.75 Å². The molecule has 0 aliphatic rings. The van der Waals surface area contributed by atoms with E-state index in [-0.39, 0.29) is 13.2 Å². The number of hydroxylamine groups is 2. The lowest BCUT2D eigenvalue weighted by Gasteiger charge is -2.38. The fraction of sp³-hybridized carbons (Fsp3) is 0.385. The Bertz CT molecular complexity index is 1100. The standard InChI is InChI=1S/C26H32N4O6/c1-6-34-29(5)25(32)36-23(26(3,4)16-33-19(2)31)24(30-18-27-17-28-30)35-22-14-12-21(13-15-22)20-10-8-7-9-11-20/h7-15,17-18,23-24H,6,16H2,1-5H3. The number of aromatic nitrogens is 3. The zero-order valence-electron chi connectivity index (χ0n) is 21.2. The predicted octanol–water partition coefficient (Wildman–Crippen LogP) is 4.50. The van der Waals surface area contributed by atoms with Gasteiger partial charge in [-0.2, -0.15) is 10.2 Å². The normalized spacial score (nSPS) is 12.9. The summed E-state index contributed by atoms with van der Waals surface area (Å²) in [5, 5.41) is 5.23. The average molecular weight is 497 g/mol. The molecule has 2 unspecified atom stereocenters. The summed E-state index contributed by atoms with van der Waals surface area (Å²) in [4.78, 5) is 33.7. The van der Waals surface area contributed by atoms with Gasteiger partial charge in [0.05, 0.1) is 6.61 Å². The third kappa shape index (κ3) is 7.05. The molecule has 3 aromatic rings. The minimum absolute atomic E-state index is 0.0276. The molecule has 10 heteroatoms. The van der Waals surface area contributed by atoms with Gasteiger partial charge < -0.3 is 14.2 Å². The van der Waals surface area contributed by atoms with Crippen LogP contribution < -0.4 is 4.74 Å². The lowest BCUT2D eigenvalue weighted by Crippen LogP contribution is -2.48. The first-order chi connectivity index (χ1) is 17.2. The van der Waals surface area contributed by atoms with Gasteiger partial charge in [0.2, 0.25) is 6.23 Å². The molecule has 0 bridgehead atoms. The van der Waals surface area contributed by atoms with E-state index < -0.39 is 29.8 Å². The average Bonchev–Trinajstić information content (AvgIpc) is 3.40. The maximum absolute atomic E-state index is 12.8. The van der Waals surface area contributed by atoms with Crippen molar-refractivity contribution in [1.29, 1.82) is 0 Å². The summed E-state index contributed by atoms with van der Waals surface area (Å²) in [5.41, 5.74) is 1.22. The molecular weight excluding hydrogens is 464 g/mol. The highest BCUT2D eigenvalue weighted by atomic mass is 16.7. The van der Waals surface area contributed by atoms with Crippen LogP contribution in [0.5, 0.6) is 5.75 Å². The third-order valence-corrected chi connectivity index (χ3v) is 5.40. The van der Waals surface area contributed by atoms with Gasteiger partial charge in [-0.3, -0.25) is 9.63 Å². The molecule has 0 saturated heterocycles. The molecule has 2 aromatic carbocycles. The molecule has 0 spiro atoms. The maximum Gasteiger partial charge on any atom is 0.434 e. The molecule has 1 heterocycles. The second-order valence-electron chi connectivity index (χ2n) is 8.76. The van der Waals surface area contributed by atoms with E-state index in [0.717, 1.165) is 16.2 Å². The largest absolute Gasteiger partial charge is 0.465 e. The van der Waals surface area contributed by atoms with Crippen LogP contribution in [-0.2, 0) is 19.1 Å². The topological polar surface area (TPSA) is 105 Å². The number of amides is 1. The minimum Gasteiger partial charge on any atom is -0.465 e. The van der Waals surface area contributed by atoms with Crippen molar-refractivity contribution in [2.45, 2.75) is 40.0 Å².